The summed E-state index contributed by atoms with van der Waals surface area (Å²) in [6.45, 7) is 6.09. The van der Waals surface area contributed by atoms with Gasteiger partial charge in [-0.25, -0.2) is 0 Å². The van der Waals surface area contributed by atoms with Crippen molar-refractivity contribution in [3.05, 3.63) is 28.3 Å². The lowest BCUT2D eigenvalue weighted by Crippen LogP contribution is -2.47. The van der Waals surface area contributed by atoms with E-state index in [-0.39, 0.29) is 0 Å². The van der Waals surface area contributed by atoms with Gasteiger partial charge in [0.15, 0.2) is 0 Å². The van der Waals surface area contributed by atoms with E-state index in [4.69, 9.17) is 11.6 Å². The zero-order chi connectivity index (χ0) is 14.1. The van der Waals surface area contributed by atoms with Crippen LogP contribution in [-0.4, -0.2) is 36.2 Å². The second-order valence-corrected chi connectivity index (χ2v) is 6.52. The van der Waals surface area contributed by atoms with Gasteiger partial charge in [0.1, 0.15) is 5.75 Å². The molecule has 4 heteroatoms. The quantitative estimate of drug-likeness (QED) is 0.899. The van der Waals surface area contributed by atoms with Crippen LogP contribution in [0.4, 0.5) is 0 Å². The Morgan fingerprint density at radius 3 is 2.60 bits per heavy atom. The number of phenolic OH excluding ortho intramolecular Hbond substituents is 1. The minimum atomic E-state index is 0.322. The predicted molar refractivity (Wildman–Crippen MR) is 82.4 cm³/mol. The number of benzene rings is 1. The number of rotatable bonds is 3. The number of halogens is 1. The van der Waals surface area contributed by atoms with E-state index >= 15 is 0 Å². The van der Waals surface area contributed by atoms with Gasteiger partial charge in [0, 0.05) is 42.8 Å². The molecule has 0 radical (unpaired) electrons. The Morgan fingerprint density at radius 1 is 1.30 bits per heavy atom. The van der Waals surface area contributed by atoms with Crippen molar-refractivity contribution in [2.24, 2.45) is 5.92 Å². The zero-order valence-electron chi connectivity index (χ0n) is 12.0. The molecular weight excluding hydrogens is 272 g/mol. The molecule has 3 nitrogen and oxygen atoms in total. The first kappa shape index (κ1) is 14.2. The summed E-state index contributed by atoms with van der Waals surface area (Å²) in [4.78, 5) is 2.52. The topological polar surface area (TPSA) is 35.5 Å². The highest BCUT2D eigenvalue weighted by Crippen LogP contribution is 2.45. The summed E-state index contributed by atoms with van der Waals surface area (Å²) in [6, 6.07) is 4.13. The number of hydrogen-bond acceptors (Lipinski definition) is 3. The molecule has 1 saturated heterocycles. The summed E-state index contributed by atoms with van der Waals surface area (Å²) in [5.74, 6) is 1.10. The normalized spacial score (nSPS) is 22.5. The van der Waals surface area contributed by atoms with Crippen LogP contribution in [0.15, 0.2) is 12.1 Å². The molecular formula is C16H23ClN2O. The molecule has 0 bridgehead atoms. The Hall–Kier alpha value is -0.770. The summed E-state index contributed by atoms with van der Waals surface area (Å²) in [6.07, 6.45) is 3.84. The first-order valence-electron chi connectivity index (χ1n) is 7.60. The molecule has 20 heavy (non-hydrogen) atoms. The largest absolute Gasteiger partial charge is 0.507 e. The third-order valence-electron chi connectivity index (χ3n) is 4.75. The SMILES string of the molecule is Cc1cc(Cl)cc([C@H](C2CCC2)N2CCNCC2)c1O. The van der Waals surface area contributed by atoms with Crippen LogP contribution in [0.1, 0.15) is 36.4 Å². The Kier molecular flexibility index (Phi) is 4.20. The molecule has 0 amide bonds. The third-order valence-corrected chi connectivity index (χ3v) is 4.97. The molecule has 0 spiro atoms. The van der Waals surface area contributed by atoms with Gasteiger partial charge in [0.2, 0.25) is 0 Å². The number of nitrogens with zero attached hydrogens (tertiary/aromatic N) is 1. The van der Waals surface area contributed by atoms with Crippen molar-refractivity contribution in [2.75, 3.05) is 26.2 Å². The molecule has 1 aliphatic heterocycles. The van der Waals surface area contributed by atoms with Gasteiger partial charge in [-0.3, -0.25) is 4.90 Å². The van der Waals surface area contributed by atoms with E-state index in [1.54, 1.807) is 0 Å². The standard InChI is InChI=1S/C16H23ClN2O/c1-11-9-13(17)10-14(16(11)20)15(12-3-2-4-12)19-7-5-18-6-8-19/h9-10,12,15,18,20H,2-8H2,1H3/t15-/m0/s1. The van der Waals surface area contributed by atoms with Gasteiger partial charge in [0.05, 0.1) is 0 Å². The fourth-order valence-corrected chi connectivity index (χ4v) is 3.73. The average Bonchev–Trinajstić information content (AvgIpc) is 2.39. The molecule has 110 valence electrons. The van der Waals surface area contributed by atoms with E-state index in [0.717, 1.165) is 42.3 Å². The van der Waals surface area contributed by atoms with Gasteiger partial charge >= 0.3 is 0 Å². The summed E-state index contributed by atoms with van der Waals surface area (Å²) < 4.78 is 0. The lowest BCUT2D eigenvalue weighted by molar-refractivity contribution is 0.0819. The van der Waals surface area contributed by atoms with Crippen LogP contribution in [0.25, 0.3) is 0 Å². The van der Waals surface area contributed by atoms with Crippen LogP contribution < -0.4 is 5.32 Å². The molecule has 0 aromatic heterocycles. The van der Waals surface area contributed by atoms with Crippen molar-refractivity contribution in [1.82, 2.24) is 10.2 Å². The van der Waals surface area contributed by atoms with Gasteiger partial charge in [-0.15, -0.1) is 0 Å². The molecule has 1 heterocycles. The molecule has 2 N–H and O–H groups in total. The Balaban J connectivity index is 1.96. The second kappa shape index (κ2) is 5.92. The molecule has 1 aromatic rings. The molecule has 1 aromatic carbocycles. The van der Waals surface area contributed by atoms with Crippen LogP contribution in [0.3, 0.4) is 0 Å². The highest BCUT2D eigenvalue weighted by molar-refractivity contribution is 6.30. The monoisotopic (exact) mass is 294 g/mol. The lowest BCUT2D eigenvalue weighted by atomic mass is 9.76. The zero-order valence-corrected chi connectivity index (χ0v) is 12.8. The van der Waals surface area contributed by atoms with E-state index in [1.165, 1.54) is 19.3 Å². The number of nitrogens with one attached hydrogen (secondary N) is 1. The van der Waals surface area contributed by atoms with Crippen LogP contribution >= 0.6 is 11.6 Å². The average molecular weight is 295 g/mol. The van der Waals surface area contributed by atoms with Crippen molar-refractivity contribution in [2.45, 2.75) is 32.2 Å². The van der Waals surface area contributed by atoms with Crippen LogP contribution in [0, 0.1) is 12.8 Å². The number of aromatic hydroxyl groups is 1. The highest BCUT2D eigenvalue weighted by Gasteiger charge is 2.35. The van der Waals surface area contributed by atoms with Crippen LogP contribution in [0.2, 0.25) is 5.02 Å². The molecule has 2 aliphatic rings. The van der Waals surface area contributed by atoms with Crippen molar-refractivity contribution in [3.8, 4) is 5.75 Å². The summed E-state index contributed by atoms with van der Waals surface area (Å²) in [7, 11) is 0. The Morgan fingerprint density at radius 2 is 2.00 bits per heavy atom. The van der Waals surface area contributed by atoms with Crippen LogP contribution in [-0.2, 0) is 0 Å². The van der Waals surface area contributed by atoms with Crippen molar-refractivity contribution in [3.63, 3.8) is 0 Å². The van der Waals surface area contributed by atoms with E-state index in [9.17, 15) is 5.11 Å². The maximum Gasteiger partial charge on any atom is 0.123 e. The first-order chi connectivity index (χ1) is 9.66. The number of piperazine rings is 1. The number of phenols is 1. The number of hydrogen-bond donors (Lipinski definition) is 2. The molecule has 0 unspecified atom stereocenters. The van der Waals surface area contributed by atoms with Crippen molar-refractivity contribution in [1.29, 1.82) is 0 Å². The van der Waals surface area contributed by atoms with Crippen LogP contribution in [0.5, 0.6) is 5.75 Å². The maximum atomic E-state index is 10.5. The van der Waals surface area contributed by atoms with Gasteiger partial charge in [-0.1, -0.05) is 18.0 Å². The lowest BCUT2D eigenvalue weighted by Gasteiger charge is -2.43. The predicted octanol–water partition coefficient (Wildman–Crippen LogP) is 3.10. The fraction of sp³-hybridized carbons (Fsp3) is 0.625. The second-order valence-electron chi connectivity index (χ2n) is 6.08. The number of aryl methyl sites for hydroxylation is 1. The van der Waals surface area contributed by atoms with E-state index in [2.05, 4.69) is 10.2 Å². The van der Waals surface area contributed by atoms with E-state index in [1.807, 2.05) is 19.1 Å². The van der Waals surface area contributed by atoms with Gasteiger partial charge in [-0.05, 0) is 43.4 Å². The maximum absolute atomic E-state index is 10.5. The van der Waals surface area contributed by atoms with Crippen molar-refractivity contribution >= 4 is 11.6 Å². The highest BCUT2D eigenvalue weighted by atomic mass is 35.5. The van der Waals surface area contributed by atoms with Crippen molar-refractivity contribution < 1.29 is 5.11 Å². The van der Waals surface area contributed by atoms with E-state index < -0.39 is 0 Å². The van der Waals surface area contributed by atoms with Gasteiger partial charge in [0.25, 0.3) is 0 Å². The summed E-state index contributed by atoms with van der Waals surface area (Å²) in [5, 5.41) is 14.6. The minimum absolute atomic E-state index is 0.322. The Bertz CT molecular complexity index is 482. The Labute approximate surface area is 125 Å². The molecule has 1 atom stereocenters. The minimum Gasteiger partial charge on any atom is -0.507 e. The fourth-order valence-electron chi connectivity index (χ4n) is 3.45. The molecule has 2 fully saturated rings. The molecule has 1 aliphatic carbocycles. The van der Waals surface area contributed by atoms with E-state index in [0.29, 0.717) is 17.7 Å². The van der Waals surface area contributed by atoms with Gasteiger partial charge < -0.3 is 10.4 Å². The summed E-state index contributed by atoms with van der Waals surface area (Å²) in [5.41, 5.74) is 1.91. The molecule has 1 saturated carbocycles. The first-order valence-corrected chi connectivity index (χ1v) is 7.98. The smallest absolute Gasteiger partial charge is 0.123 e. The summed E-state index contributed by atoms with van der Waals surface area (Å²) >= 11 is 6.23. The molecule has 3 rings (SSSR count). The third kappa shape index (κ3) is 2.67. The van der Waals surface area contributed by atoms with Gasteiger partial charge in [-0.2, -0.15) is 0 Å².